The first-order chi connectivity index (χ1) is 15.6. The van der Waals surface area contributed by atoms with Gasteiger partial charge in [0.15, 0.2) is 0 Å². The Hall–Kier alpha value is -3.68. The van der Waals surface area contributed by atoms with Crippen molar-refractivity contribution in [1.82, 2.24) is 15.3 Å². The molecule has 0 aliphatic heterocycles. The van der Waals surface area contributed by atoms with E-state index in [1.807, 2.05) is 30.5 Å². The maximum atomic E-state index is 11.8. The highest BCUT2D eigenvalue weighted by atomic mass is 16.5. The van der Waals surface area contributed by atoms with Crippen molar-refractivity contribution in [3.05, 3.63) is 95.9 Å². The van der Waals surface area contributed by atoms with Gasteiger partial charge in [-0.2, -0.15) is 0 Å². The molecule has 2 aromatic carbocycles. The van der Waals surface area contributed by atoms with Crippen LogP contribution >= 0.6 is 0 Å². The van der Waals surface area contributed by atoms with Crippen molar-refractivity contribution in [2.24, 2.45) is 0 Å². The molecule has 32 heavy (non-hydrogen) atoms. The van der Waals surface area contributed by atoms with Crippen LogP contribution in [0.5, 0.6) is 5.75 Å². The van der Waals surface area contributed by atoms with Gasteiger partial charge >= 0.3 is 5.97 Å². The number of para-hydroxylation sites is 1. The minimum absolute atomic E-state index is 0.430. The summed E-state index contributed by atoms with van der Waals surface area (Å²) in [5.41, 5.74) is 3.21. The highest BCUT2D eigenvalue weighted by molar-refractivity contribution is 5.89. The molecule has 4 rings (SSSR count). The van der Waals surface area contributed by atoms with Crippen molar-refractivity contribution < 1.29 is 19.7 Å². The van der Waals surface area contributed by atoms with Gasteiger partial charge in [-0.1, -0.05) is 48.5 Å². The smallest absolute Gasteiger partial charge is 0.349 e. The standard InChI is InChI=1S/C25H25N3O4/c29-21(19-8-5-12-26-14-19)16-27-13-11-18-15-28-23-20(18)9-4-10-22(23)32-24(25(30)31)17-6-2-1-3-7-17/h1-10,12,14-15,21,24,27-29H,11,13,16H2,(H,30,31)/t21-,24+/m1/s1. The van der Waals surface area contributed by atoms with Gasteiger partial charge in [0.05, 0.1) is 11.6 Å². The molecule has 2 aromatic heterocycles. The number of aromatic amines is 1. The lowest BCUT2D eigenvalue weighted by molar-refractivity contribution is -0.145. The number of aliphatic carboxylic acids is 1. The van der Waals surface area contributed by atoms with Gasteiger partial charge in [0.1, 0.15) is 5.75 Å². The second-order valence-electron chi connectivity index (χ2n) is 7.50. The van der Waals surface area contributed by atoms with Crippen molar-refractivity contribution in [1.29, 1.82) is 0 Å². The van der Waals surface area contributed by atoms with Crippen molar-refractivity contribution in [2.75, 3.05) is 13.1 Å². The first-order valence-electron chi connectivity index (χ1n) is 10.5. The Morgan fingerprint density at radius 1 is 1.06 bits per heavy atom. The fourth-order valence-electron chi connectivity index (χ4n) is 3.66. The quantitative estimate of drug-likeness (QED) is 0.286. The Balaban J connectivity index is 1.42. The molecule has 0 spiro atoms. The second-order valence-corrected chi connectivity index (χ2v) is 7.50. The van der Waals surface area contributed by atoms with E-state index in [-0.39, 0.29) is 0 Å². The predicted molar refractivity (Wildman–Crippen MR) is 122 cm³/mol. The lowest BCUT2D eigenvalue weighted by atomic mass is 10.1. The number of carboxylic acids is 1. The molecule has 0 aliphatic carbocycles. The molecule has 0 saturated carbocycles. The number of benzene rings is 2. The van der Waals surface area contributed by atoms with Crippen LogP contribution in [0.4, 0.5) is 0 Å². The molecule has 0 fully saturated rings. The van der Waals surface area contributed by atoms with Gasteiger partial charge in [-0.05, 0) is 30.7 Å². The molecule has 7 nitrogen and oxygen atoms in total. The van der Waals surface area contributed by atoms with Crippen LogP contribution in [-0.2, 0) is 11.2 Å². The molecular weight excluding hydrogens is 406 g/mol. The number of hydrogen-bond donors (Lipinski definition) is 4. The number of carbonyl (C=O) groups is 1. The summed E-state index contributed by atoms with van der Waals surface area (Å²) in [6.07, 6.45) is 4.28. The fourth-order valence-corrected chi connectivity index (χ4v) is 3.66. The Bertz CT molecular complexity index is 1160. The number of ether oxygens (including phenoxy) is 1. The Morgan fingerprint density at radius 3 is 2.62 bits per heavy atom. The number of aromatic nitrogens is 2. The molecule has 0 bridgehead atoms. The van der Waals surface area contributed by atoms with E-state index in [0.717, 1.165) is 28.5 Å². The first kappa shape index (κ1) is 21.5. The molecule has 4 aromatic rings. The highest BCUT2D eigenvalue weighted by Gasteiger charge is 2.23. The summed E-state index contributed by atoms with van der Waals surface area (Å²) < 4.78 is 5.91. The van der Waals surface area contributed by atoms with Crippen LogP contribution in [0.3, 0.4) is 0 Å². The van der Waals surface area contributed by atoms with Gasteiger partial charge in [0.25, 0.3) is 0 Å². The second kappa shape index (κ2) is 10.1. The predicted octanol–water partition coefficient (Wildman–Crippen LogP) is 3.63. The van der Waals surface area contributed by atoms with Crippen LogP contribution in [0.15, 0.2) is 79.3 Å². The maximum Gasteiger partial charge on any atom is 0.349 e. The molecule has 0 saturated heterocycles. The third-order valence-corrected chi connectivity index (χ3v) is 5.31. The molecule has 7 heteroatoms. The lowest BCUT2D eigenvalue weighted by Crippen LogP contribution is -2.23. The van der Waals surface area contributed by atoms with E-state index in [1.165, 1.54) is 0 Å². The number of H-pyrrole nitrogens is 1. The number of aliphatic hydroxyl groups is 1. The molecule has 0 amide bonds. The van der Waals surface area contributed by atoms with Gasteiger partial charge < -0.3 is 25.3 Å². The molecule has 0 unspecified atom stereocenters. The SMILES string of the molecule is O=C(O)[C@@H](Oc1cccc2c(CCNC[C@@H](O)c3cccnc3)c[nH]c12)c1ccccc1. The summed E-state index contributed by atoms with van der Waals surface area (Å²) in [7, 11) is 0. The minimum atomic E-state index is -1.09. The van der Waals surface area contributed by atoms with Crippen LogP contribution in [0.25, 0.3) is 10.9 Å². The number of pyridine rings is 1. The van der Waals surface area contributed by atoms with Crippen LogP contribution in [0.1, 0.15) is 28.9 Å². The number of rotatable bonds is 10. The van der Waals surface area contributed by atoms with Gasteiger partial charge in [0.2, 0.25) is 6.10 Å². The van der Waals surface area contributed by atoms with Crippen molar-refractivity contribution in [3.8, 4) is 5.75 Å². The van der Waals surface area contributed by atoms with Gasteiger partial charge in [-0.15, -0.1) is 0 Å². The molecule has 164 valence electrons. The lowest BCUT2D eigenvalue weighted by Gasteiger charge is -2.16. The van der Waals surface area contributed by atoms with Crippen molar-refractivity contribution in [2.45, 2.75) is 18.6 Å². The number of fused-ring (bicyclic) bond motifs is 1. The Kier molecular flexibility index (Phi) is 6.79. The van der Waals surface area contributed by atoms with E-state index in [2.05, 4.69) is 15.3 Å². The number of carboxylic acid groups (broad SMARTS) is 1. The maximum absolute atomic E-state index is 11.8. The van der Waals surface area contributed by atoms with E-state index >= 15 is 0 Å². The molecule has 2 heterocycles. The fraction of sp³-hybridized carbons (Fsp3) is 0.200. The monoisotopic (exact) mass is 431 g/mol. The van der Waals surface area contributed by atoms with Crippen LogP contribution in [0.2, 0.25) is 0 Å². The van der Waals surface area contributed by atoms with E-state index in [4.69, 9.17) is 4.74 Å². The van der Waals surface area contributed by atoms with Crippen LogP contribution < -0.4 is 10.1 Å². The van der Waals surface area contributed by atoms with Gasteiger partial charge in [0, 0.05) is 41.6 Å². The molecular formula is C25H25N3O4. The normalized spacial score (nSPS) is 13.0. The first-order valence-corrected chi connectivity index (χ1v) is 10.5. The number of hydrogen-bond acceptors (Lipinski definition) is 5. The number of aliphatic hydroxyl groups excluding tert-OH is 1. The number of nitrogens with zero attached hydrogens (tertiary/aromatic N) is 1. The minimum Gasteiger partial charge on any atom is -0.478 e. The van der Waals surface area contributed by atoms with E-state index in [1.54, 1.807) is 48.8 Å². The third-order valence-electron chi connectivity index (χ3n) is 5.31. The van der Waals surface area contributed by atoms with Gasteiger partial charge in [-0.25, -0.2) is 4.79 Å². The summed E-state index contributed by atoms with van der Waals surface area (Å²) in [4.78, 5) is 19.1. The summed E-state index contributed by atoms with van der Waals surface area (Å²) in [6, 6.07) is 18.2. The third kappa shape index (κ3) is 4.96. The Morgan fingerprint density at radius 2 is 1.88 bits per heavy atom. The van der Waals surface area contributed by atoms with E-state index in [9.17, 15) is 15.0 Å². The molecule has 2 atom stereocenters. The van der Waals surface area contributed by atoms with E-state index in [0.29, 0.717) is 24.4 Å². The zero-order valence-electron chi connectivity index (χ0n) is 17.4. The summed E-state index contributed by atoms with van der Waals surface area (Å²) in [5, 5.41) is 24.2. The summed E-state index contributed by atoms with van der Waals surface area (Å²) in [6.45, 7) is 1.11. The van der Waals surface area contributed by atoms with Crippen molar-refractivity contribution in [3.63, 3.8) is 0 Å². The molecule has 0 aliphatic rings. The summed E-state index contributed by atoms with van der Waals surface area (Å²) >= 11 is 0. The van der Waals surface area contributed by atoms with Crippen LogP contribution in [0, 0.1) is 0 Å². The molecule has 4 N–H and O–H groups in total. The zero-order chi connectivity index (χ0) is 22.3. The highest BCUT2D eigenvalue weighted by Crippen LogP contribution is 2.31. The Labute approximate surface area is 185 Å². The average molecular weight is 431 g/mol. The van der Waals surface area contributed by atoms with Gasteiger partial charge in [-0.3, -0.25) is 4.98 Å². The zero-order valence-corrected chi connectivity index (χ0v) is 17.4. The number of nitrogens with one attached hydrogen (secondary N) is 2. The van der Waals surface area contributed by atoms with Crippen molar-refractivity contribution >= 4 is 16.9 Å². The topological polar surface area (TPSA) is 107 Å². The summed E-state index contributed by atoms with van der Waals surface area (Å²) in [5.74, 6) is -0.554. The van der Waals surface area contributed by atoms with E-state index < -0.39 is 18.2 Å². The average Bonchev–Trinajstić information content (AvgIpc) is 3.25. The van der Waals surface area contributed by atoms with Crippen LogP contribution in [-0.4, -0.2) is 39.2 Å². The molecule has 0 radical (unpaired) electrons. The largest absolute Gasteiger partial charge is 0.478 e.